The standard InChI is InChI=1S/C16H17F3N2O3/c1-15(2)9-21(5-6-22)14(23)13(15)24-11-4-3-10(8-20)12(7-11)16(17,18)19/h3-4,7,13,22H,5-6,9H2,1-2H3/t13-/m0/s1. The SMILES string of the molecule is CC1(C)CN(CCO)C(=O)[C@@H]1Oc1ccc(C#N)c(C(F)(F)F)c1. The van der Waals surface area contributed by atoms with Crippen LogP contribution in [0, 0.1) is 16.7 Å². The average Bonchev–Trinajstić information content (AvgIpc) is 2.70. The number of nitrogens with zero attached hydrogens (tertiary/aromatic N) is 2. The fourth-order valence-corrected chi connectivity index (χ4v) is 2.74. The van der Waals surface area contributed by atoms with Crippen LogP contribution in [0.2, 0.25) is 0 Å². The summed E-state index contributed by atoms with van der Waals surface area (Å²) >= 11 is 0. The maximum atomic E-state index is 13.0. The highest BCUT2D eigenvalue weighted by molar-refractivity contribution is 5.84. The van der Waals surface area contributed by atoms with Gasteiger partial charge in [0.1, 0.15) is 5.75 Å². The Labute approximate surface area is 137 Å². The number of carbonyl (C=O) groups is 1. The molecule has 1 N–H and O–H groups in total. The molecule has 1 heterocycles. The van der Waals surface area contributed by atoms with Gasteiger partial charge < -0.3 is 14.7 Å². The van der Waals surface area contributed by atoms with E-state index in [4.69, 9.17) is 15.1 Å². The third-order valence-electron chi connectivity index (χ3n) is 3.88. The lowest BCUT2D eigenvalue weighted by Gasteiger charge is -2.24. The molecule has 1 aliphatic rings. The Balaban J connectivity index is 2.31. The zero-order chi connectivity index (χ0) is 18.1. The van der Waals surface area contributed by atoms with E-state index >= 15 is 0 Å². The van der Waals surface area contributed by atoms with Crippen molar-refractivity contribution in [2.75, 3.05) is 19.7 Å². The molecule has 24 heavy (non-hydrogen) atoms. The normalized spacial score (nSPS) is 20.1. The monoisotopic (exact) mass is 342 g/mol. The molecule has 0 radical (unpaired) electrons. The highest BCUT2D eigenvalue weighted by Gasteiger charge is 2.48. The molecule has 1 aliphatic heterocycles. The Morgan fingerprint density at radius 2 is 2.12 bits per heavy atom. The lowest BCUT2D eigenvalue weighted by molar-refractivity contribution is -0.138. The number of alkyl halides is 3. The first-order valence-electron chi connectivity index (χ1n) is 7.28. The minimum absolute atomic E-state index is 0.126. The van der Waals surface area contributed by atoms with E-state index < -0.39 is 28.8 Å². The summed E-state index contributed by atoms with van der Waals surface area (Å²) in [4.78, 5) is 13.8. The third-order valence-corrected chi connectivity index (χ3v) is 3.88. The second-order valence-corrected chi connectivity index (χ2v) is 6.29. The van der Waals surface area contributed by atoms with Crippen LogP contribution in [-0.4, -0.2) is 41.7 Å². The number of nitriles is 1. The van der Waals surface area contributed by atoms with E-state index in [1.807, 2.05) is 0 Å². The van der Waals surface area contributed by atoms with E-state index in [0.29, 0.717) is 6.54 Å². The molecule has 2 rings (SSSR count). The van der Waals surface area contributed by atoms with Gasteiger partial charge in [0, 0.05) is 18.5 Å². The molecule has 1 fully saturated rings. The van der Waals surface area contributed by atoms with Gasteiger partial charge in [0.25, 0.3) is 5.91 Å². The molecule has 0 spiro atoms. The summed E-state index contributed by atoms with van der Waals surface area (Å²) in [5, 5.41) is 17.8. The fraction of sp³-hybridized carbons (Fsp3) is 0.500. The number of likely N-dealkylation sites (tertiary alicyclic amines) is 1. The zero-order valence-electron chi connectivity index (χ0n) is 13.2. The molecule has 1 aromatic rings. The van der Waals surface area contributed by atoms with Crippen LogP contribution in [0.25, 0.3) is 0 Å². The van der Waals surface area contributed by atoms with Crippen LogP contribution in [0.15, 0.2) is 18.2 Å². The van der Waals surface area contributed by atoms with E-state index in [9.17, 15) is 18.0 Å². The molecule has 0 unspecified atom stereocenters. The molecule has 0 aliphatic carbocycles. The molecule has 0 aromatic heterocycles. The van der Waals surface area contributed by atoms with Gasteiger partial charge in [-0.15, -0.1) is 0 Å². The Kier molecular flexibility index (Phi) is 4.76. The molecule has 1 aromatic carbocycles. The highest BCUT2D eigenvalue weighted by Crippen LogP contribution is 2.37. The molecule has 0 saturated carbocycles. The lowest BCUT2D eigenvalue weighted by Crippen LogP contribution is -2.37. The molecule has 5 nitrogen and oxygen atoms in total. The smallest absolute Gasteiger partial charge is 0.417 e. The quantitative estimate of drug-likeness (QED) is 0.910. The summed E-state index contributed by atoms with van der Waals surface area (Å²) in [5.74, 6) is -0.509. The predicted molar refractivity (Wildman–Crippen MR) is 78.0 cm³/mol. The summed E-state index contributed by atoms with van der Waals surface area (Å²) in [7, 11) is 0. The summed E-state index contributed by atoms with van der Waals surface area (Å²) in [6.45, 7) is 3.80. The zero-order valence-corrected chi connectivity index (χ0v) is 13.2. The van der Waals surface area contributed by atoms with Crippen molar-refractivity contribution in [3.05, 3.63) is 29.3 Å². The first kappa shape index (κ1) is 18.1. The molecule has 1 atom stereocenters. The van der Waals surface area contributed by atoms with Gasteiger partial charge in [-0.2, -0.15) is 18.4 Å². The van der Waals surface area contributed by atoms with Crippen LogP contribution >= 0.6 is 0 Å². The highest BCUT2D eigenvalue weighted by atomic mass is 19.4. The maximum absolute atomic E-state index is 13.0. The van der Waals surface area contributed by atoms with Crippen LogP contribution in [0.4, 0.5) is 13.2 Å². The van der Waals surface area contributed by atoms with Gasteiger partial charge in [0.2, 0.25) is 0 Å². The molecule has 0 bridgehead atoms. The fourth-order valence-electron chi connectivity index (χ4n) is 2.74. The second kappa shape index (κ2) is 6.32. The predicted octanol–water partition coefficient (Wildman–Crippen LogP) is 2.19. The van der Waals surface area contributed by atoms with Gasteiger partial charge in [-0.1, -0.05) is 13.8 Å². The van der Waals surface area contributed by atoms with Gasteiger partial charge in [-0.3, -0.25) is 4.79 Å². The Hall–Kier alpha value is -2.27. The van der Waals surface area contributed by atoms with E-state index in [1.165, 1.54) is 17.0 Å². The van der Waals surface area contributed by atoms with E-state index in [2.05, 4.69) is 0 Å². The molecule has 1 saturated heterocycles. The Morgan fingerprint density at radius 3 is 2.67 bits per heavy atom. The number of ether oxygens (including phenoxy) is 1. The number of halogens is 3. The summed E-state index contributed by atoms with van der Waals surface area (Å²) in [5.41, 5.74) is -2.23. The molecular formula is C16H17F3N2O3. The van der Waals surface area contributed by atoms with Crippen LogP contribution in [0.3, 0.4) is 0 Å². The largest absolute Gasteiger partial charge is 0.480 e. The minimum atomic E-state index is -4.69. The van der Waals surface area contributed by atoms with Crippen molar-refractivity contribution >= 4 is 5.91 Å². The molecule has 130 valence electrons. The summed E-state index contributed by atoms with van der Waals surface area (Å²) < 4.78 is 44.6. The van der Waals surface area contributed by atoms with E-state index in [0.717, 1.165) is 12.1 Å². The van der Waals surface area contributed by atoms with Crippen molar-refractivity contribution in [1.29, 1.82) is 5.26 Å². The average molecular weight is 342 g/mol. The van der Waals surface area contributed by atoms with Crippen LogP contribution in [0.1, 0.15) is 25.0 Å². The number of hydrogen-bond acceptors (Lipinski definition) is 4. The van der Waals surface area contributed by atoms with Gasteiger partial charge in [0.05, 0.1) is 23.8 Å². The lowest BCUT2D eigenvalue weighted by atomic mass is 9.89. The number of β-amino-alcohol motifs (C(OH)–C–C–N with tert-alkyl or cyclic N) is 1. The number of aliphatic hydroxyl groups is 1. The number of aliphatic hydroxyl groups excluding tert-OH is 1. The molecular weight excluding hydrogens is 325 g/mol. The van der Waals surface area contributed by atoms with Crippen molar-refractivity contribution in [3.63, 3.8) is 0 Å². The topological polar surface area (TPSA) is 73.6 Å². The van der Waals surface area contributed by atoms with Gasteiger partial charge in [0.15, 0.2) is 6.10 Å². The number of hydrogen-bond donors (Lipinski definition) is 1. The number of benzene rings is 1. The Morgan fingerprint density at radius 1 is 1.46 bits per heavy atom. The van der Waals surface area contributed by atoms with Crippen LogP contribution in [-0.2, 0) is 11.0 Å². The van der Waals surface area contributed by atoms with Crippen molar-refractivity contribution in [2.45, 2.75) is 26.1 Å². The molecule has 1 amide bonds. The third kappa shape index (κ3) is 3.46. The van der Waals surface area contributed by atoms with E-state index in [-0.39, 0.29) is 24.8 Å². The Bertz CT molecular complexity index is 680. The minimum Gasteiger partial charge on any atom is -0.480 e. The van der Waals surface area contributed by atoms with Crippen molar-refractivity contribution < 1.29 is 27.8 Å². The maximum Gasteiger partial charge on any atom is 0.417 e. The number of carbonyl (C=O) groups excluding carboxylic acids is 1. The second-order valence-electron chi connectivity index (χ2n) is 6.29. The van der Waals surface area contributed by atoms with Gasteiger partial charge in [-0.25, -0.2) is 0 Å². The van der Waals surface area contributed by atoms with Crippen molar-refractivity contribution in [2.24, 2.45) is 5.41 Å². The summed E-state index contributed by atoms with van der Waals surface area (Å²) in [6.07, 6.45) is -5.65. The molecule has 8 heteroatoms. The summed E-state index contributed by atoms with van der Waals surface area (Å²) in [6, 6.07) is 4.49. The first-order valence-corrected chi connectivity index (χ1v) is 7.28. The number of rotatable bonds is 4. The number of amides is 1. The van der Waals surface area contributed by atoms with Gasteiger partial charge in [-0.05, 0) is 18.2 Å². The van der Waals surface area contributed by atoms with Crippen LogP contribution < -0.4 is 4.74 Å². The van der Waals surface area contributed by atoms with Crippen molar-refractivity contribution in [3.8, 4) is 11.8 Å². The van der Waals surface area contributed by atoms with E-state index in [1.54, 1.807) is 13.8 Å². The van der Waals surface area contributed by atoms with Crippen molar-refractivity contribution in [1.82, 2.24) is 4.90 Å². The van der Waals surface area contributed by atoms with Crippen LogP contribution in [0.5, 0.6) is 5.75 Å². The van der Waals surface area contributed by atoms with Gasteiger partial charge >= 0.3 is 6.18 Å². The first-order chi connectivity index (χ1) is 11.1.